The molecule has 6 N–H and O–H groups in total. The molecule has 2 rings (SSSR count). The van der Waals surface area contributed by atoms with Gasteiger partial charge in [0.05, 0.1) is 29.5 Å². The van der Waals surface area contributed by atoms with Crippen molar-refractivity contribution >= 4 is 38.7 Å². The molecule has 9 heteroatoms. The number of hydrogen-bond acceptors (Lipinski definition) is 6. The Kier molecular flexibility index (Phi) is 5.04. The quantitative estimate of drug-likeness (QED) is 0.397. The number of aliphatic hydroxyl groups is 2. The van der Waals surface area contributed by atoms with E-state index in [1.807, 2.05) is 24.3 Å². The van der Waals surface area contributed by atoms with E-state index in [4.69, 9.17) is 15.9 Å². The summed E-state index contributed by atoms with van der Waals surface area (Å²) in [4.78, 5) is 19.8. The fourth-order valence-electron chi connectivity index (χ4n) is 1.53. The molecule has 112 valence electrons. The van der Waals surface area contributed by atoms with E-state index in [1.54, 1.807) is 0 Å². The molecule has 0 radical (unpaired) electrons. The van der Waals surface area contributed by atoms with Crippen molar-refractivity contribution in [3.63, 3.8) is 0 Å². The molecule has 0 unspecified atom stereocenters. The van der Waals surface area contributed by atoms with Crippen molar-refractivity contribution in [1.29, 1.82) is 0 Å². The molecule has 0 aliphatic carbocycles. The van der Waals surface area contributed by atoms with Crippen LogP contribution in [0.15, 0.2) is 29.3 Å². The topological polar surface area (TPSA) is 133 Å². The average Bonchev–Trinajstić information content (AvgIpc) is 2.86. The van der Waals surface area contributed by atoms with Gasteiger partial charge in [-0.3, -0.25) is 5.32 Å². The van der Waals surface area contributed by atoms with Gasteiger partial charge in [-0.05, 0) is 12.1 Å². The molecule has 2 aromatic rings. The second-order valence-electron chi connectivity index (χ2n) is 4.12. The van der Waals surface area contributed by atoms with Crippen LogP contribution in [0.1, 0.15) is 0 Å². The maximum absolute atomic E-state index is 11.5. The van der Waals surface area contributed by atoms with E-state index in [1.165, 1.54) is 11.3 Å². The summed E-state index contributed by atoms with van der Waals surface area (Å²) in [6.07, 6.45) is 0. The highest BCUT2D eigenvalue weighted by Gasteiger charge is 2.11. The van der Waals surface area contributed by atoms with E-state index in [9.17, 15) is 4.79 Å². The van der Waals surface area contributed by atoms with Crippen LogP contribution in [0.5, 0.6) is 0 Å². The molecule has 1 aromatic carbocycles. The van der Waals surface area contributed by atoms with E-state index in [0.29, 0.717) is 5.13 Å². The number of nitrogens with one attached hydrogen (secondary N) is 2. The highest BCUT2D eigenvalue weighted by atomic mass is 32.1. The summed E-state index contributed by atoms with van der Waals surface area (Å²) in [7, 11) is 0. The lowest BCUT2D eigenvalue weighted by molar-refractivity contribution is 0.170. The third-order valence-electron chi connectivity index (χ3n) is 2.52. The summed E-state index contributed by atoms with van der Waals surface area (Å²) in [5.74, 6) is -0.124. The number of nitrogens with zero attached hydrogens (tertiary/aromatic N) is 2. The minimum Gasteiger partial charge on any atom is -0.394 e. The number of nitrogens with two attached hydrogens (primary N) is 1. The predicted molar refractivity (Wildman–Crippen MR) is 80.5 cm³/mol. The zero-order chi connectivity index (χ0) is 15.2. The van der Waals surface area contributed by atoms with Crippen LogP contribution < -0.4 is 16.4 Å². The zero-order valence-corrected chi connectivity index (χ0v) is 11.8. The maximum Gasteiger partial charge on any atom is 0.321 e. The van der Waals surface area contributed by atoms with E-state index >= 15 is 0 Å². The van der Waals surface area contributed by atoms with Gasteiger partial charge in [0.15, 0.2) is 0 Å². The number of amides is 2. The van der Waals surface area contributed by atoms with Gasteiger partial charge in [0.2, 0.25) is 11.1 Å². The van der Waals surface area contributed by atoms with E-state index in [-0.39, 0.29) is 19.2 Å². The highest BCUT2D eigenvalue weighted by Crippen LogP contribution is 2.27. The van der Waals surface area contributed by atoms with Crippen LogP contribution in [0.25, 0.3) is 10.2 Å². The number of aromatic nitrogens is 1. The minimum absolute atomic E-state index is 0.124. The molecule has 8 nitrogen and oxygen atoms in total. The molecule has 0 aliphatic rings. The summed E-state index contributed by atoms with van der Waals surface area (Å²) in [6.45, 7) is -0.752. The number of thiazole rings is 1. The molecule has 0 fully saturated rings. The summed E-state index contributed by atoms with van der Waals surface area (Å²) in [6, 6.07) is 6.12. The fraction of sp³-hybridized carbons (Fsp3) is 0.250. The first kappa shape index (κ1) is 15.2. The fourth-order valence-corrected chi connectivity index (χ4v) is 2.38. The Labute approximate surface area is 124 Å². The second kappa shape index (κ2) is 6.97. The van der Waals surface area contributed by atoms with Crippen LogP contribution in [-0.2, 0) is 0 Å². The van der Waals surface area contributed by atoms with Crippen LogP contribution in [-0.4, -0.2) is 46.4 Å². The SMILES string of the molecule is N/C(=N\c1nc2ccccc2s1)NC(=O)NC(CO)CO. The molecule has 21 heavy (non-hydrogen) atoms. The first-order valence-corrected chi connectivity index (χ1v) is 6.93. The molecule has 1 heterocycles. The van der Waals surface area contributed by atoms with Crippen molar-refractivity contribution < 1.29 is 15.0 Å². The molecule has 0 atom stereocenters. The molecule has 0 saturated heterocycles. The van der Waals surface area contributed by atoms with Crippen LogP contribution in [0.2, 0.25) is 0 Å². The van der Waals surface area contributed by atoms with Crippen molar-refractivity contribution in [3.8, 4) is 0 Å². The summed E-state index contributed by atoms with van der Waals surface area (Å²) < 4.78 is 0.967. The molecule has 2 amide bonds. The second-order valence-corrected chi connectivity index (χ2v) is 5.13. The van der Waals surface area contributed by atoms with Crippen molar-refractivity contribution in [2.45, 2.75) is 6.04 Å². The lowest BCUT2D eigenvalue weighted by atomic mass is 10.3. The molecule has 1 aromatic heterocycles. The molecule has 0 bridgehead atoms. The number of urea groups is 1. The minimum atomic E-state index is -0.750. The summed E-state index contributed by atoms with van der Waals surface area (Å²) in [5, 5.41) is 22.8. The third kappa shape index (κ3) is 4.12. The van der Waals surface area contributed by atoms with Crippen LogP contribution in [0.4, 0.5) is 9.93 Å². The van der Waals surface area contributed by atoms with Gasteiger partial charge >= 0.3 is 6.03 Å². The Balaban J connectivity index is 2.01. The standard InChI is InChI=1S/C12H15N5O3S/c13-10(16-11(20)14-7(5-18)6-19)17-12-15-8-3-1-2-4-9(8)21-12/h1-4,7,18-19H,5-6H2,(H4,13,14,15,16,17,20). The van der Waals surface area contributed by atoms with Gasteiger partial charge in [-0.15, -0.1) is 0 Å². The zero-order valence-electron chi connectivity index (χ0n) is 11.0. The van der Waals surface area contributed by atoms with Crippen molar-refractivity contribution in [2.75, 3.05) is 13.2 Å². The Bertz CT molecular complexity index is 620. The number of rotatable bonds is 4. The van der Waals surface area contributed by atoms with Gasteiger partial charge in [-0.2, -0.15) is 4.99 Å². The number of aliphatic imine (C=N–C) groups is 1. The first-order chi connectivity index (χ1) is 10.1. The monoisotopic (exact) mass is 309 g/mol. The predicted octanol–water partition coefficient (Wildman–Crippen LogP) is -0.105. The number of fused-ring (bicyclic) bond motifs is 1. The normalized spacial score (nSPS) is 11.9. The van der Waals surface area contributed by atoms with Crippen LogP contribution in [0.3, 0.4) is 0 Å². The Hall–Kier alpha value is -2.23. The number of guanidine groups is 1. The van der Waals surface area contributed by atoms with E-state index in [0.717, 1.165) is 10.2 Å². The van der Waals surface area contributed by atoms with Gasteiger partial charge in [0.25, 0.3) is 0 Å². The molecular formula is C12H15N5O3S. The third-order valence-corrected chi connectivity index (χ3v) is 3.45. The van der Waals surface area contributed by atoms with Gasteiger partial charge < -0.3 is 21.3 Å². The molecule has 0 aliphatic heterocycles. The van der Waals surface area contributed by atoms with E-state index < -0.39 is 12.1 Å². The Morgan fingerprint density at radius 2 is 2.10 bits per heavy atom. The lowest BCUT2D eigenvalue weighted by Gasteiger charge is -2.13. The summed E-state index contributed by atoms with van der Waals surface area (Å²) in [5.41, 5.74) is 6.41. The smallest absolute Gasteiger partial charge is 0.321 e. The number of carbonyl (C=O) groups excluding carboxylic acids is 1. The van der Waals surface area contributed by atoms with Gasteiger partial charge in [0.1, 0.15) is 0 Å². The Morgan fingerprint density at radius 1 is 1.38 bits per heavy atom. The molecule has 0 spiro atoms. The van der Waals surface area contributed by atoms with Crippen LogP contribution in [0, 0.1) is 0 Å². The van der Waals surface area contributed by atoms with Crippen molar-refractivity contribution in [1.82, 2.24) is 15.6 Å². The van der Waals surface area contributed by atoms with Crippen molar-refractivity contribution in [3.05, 3.63) is 24.3 Å². The van der Waals surface area contributed by atoms with Gasteiger partial charge in [0, 0.05) is 0 Å². The highest BCUT2D eigenvalue weighted by molar-refractivity contribution is 7.22. The van der Waals surface area contributed by atoms with Gasteiger partial charge in [-0.1, -0.05) is 23.5 Å². The number of para-hydroxylation sites is 1. The van der Waals surface area contributed by atoms with E-state index in [2.05, 4.69) is 20.6 Å². The summed E-state index contributed by atoms with van der Waals surface area (Å²) >= 11 is 1.35. The largest absolute Gasteiger partial charge is 0.394 e. The Morgan fingerprint density at radius 3 is 2.76 bits per heavy atom. The number of aliphatic hydroxyl groups excluding tert-OH is 2. The number of benzene rings is 1. The lowest BCUT2D eigenvalue weighted by Crippen LogP contribution is -2.49. The maximum atomic E-state index is 11.5. The van der Waals surface area contributed by atoms with Gasteiger partial charge in [-0.25, -0.2) is 9.78 Å². The van der Waals surface area contributed by atoms with Crippen LogP contribution >= 0.6 is 11.3 Å². The first-order valence-electron chi connectivity index (χ1n) is 6.11. The number of carbonyl (C=O) groups is 1. The molecular weight excluding hydrogens is 294 g/mol. The molecule has 0 saturated carbocycles. The number of hydrogen-bond donors (Lipinski definition) is 5. The average molecular weight is 309 g/mol. The van der Waals surface area contributed by atoms with Crippen molar-refractivity contribution in [2.24, 2.45) is 10.7 Å².